The summed E-state index contributed by atoms with van der Waals surface area (Å²) in [7, 11) is 0. The van der Waals surface area contributed by atoms with Crippen LogP contribution in [0.2, 0.25) is 10.0 Å². The molecule has 0 rings (SSSR count). The fourth-order valence-electron chi connectivity index (χ4n) is 0.612. The summed E-state index contributed by atoms with van der Waals surface area (Å²) in [6, 6.07) is 0. The third-order valence-electron chi connectivity index (χ3n) is 1.14. The average Bonchev–Trinajstić information content (AvgIpc) is 1.61. The second-order valence-corrected chi connectivity index (χ2v) is 7.33. The van der Waals surface area contributed by atoms with E-state index in [1.165, 1.54) is 5.02 Å². The Hall–Kier alpha value is 0.623. The van der Waals surface area contributed by atoms with Crippen LogP contribution in [0.1, 0.15) is 20.8 Å². The van der Waals surface area contributed by atoms with Gasteiger partial charge in [-0.25, -0.2) is 0 Å². The van der Waals surface area contributed by atoms with E-state index in [0.717, 1.165) is 5.92 Å². The second-order valence-electron chi connectivity index (χ2n) is 2.54. The summed E-state index contributed by atoms with van der Waals surface area (Å²) in [5, 5.41) is 3.12. The summed E-state index contributed by atoms with van der Waals surface area (Å²) in [5.41, 5.74) is 0. The van der Waals surface area contributed by atoms with Gasteiger partial charge >= 0.3 is 53.8 Å². The van der Waals surface area contributed by atoms with Crippen LogP contribution in [0.5, 0.6) is 0 Å². The van der Waals surface area contributed by atoms with E-state index < -0.39 is 0 Å². The van der Waals surface area contributed by atoms with Gasteiger partial charge in [0.25, 0.3) is 0 Å². The van der Waals surface area contributed by atoms with E-state index in [1.54, 1.807) is 5.02 Å². The summed E-state index contributed by atoms with van der Waals surface area (Å²) in [4.78, 5) is 0. The van der Waals surface area contributed by atoms with E-state index in [4.69, 9.17) is 0 Å². The molecule has 0 unspecified atom stereocenters. The first-order chi connectivity index (χ1) is 3.27. The van der Waals surface area contributed by atoms with Crippen molar-refractivity contribution >= 4 is 0 Å². The standard InChI is InChI=1S/C4H9.C2H5.Zn/c1-4(2)3;1-2;/h4H,1H2,2-3H3;1H2,2H3;. The van der Waals surface area contributed by atoms with Crippen LogP contribution in [-0.2, 0) is 17.1 Å². The maximum absolute atomic E-state index is 2.32. The van der Waals surface area contributed by atoms with Crippen molar-refractivity contribution in [2.24, 2.45) is 5.92 Å². The zero-order valence-corrected chi connectivity index (χ0v) is 8.67. The van der Waals surface area contributed by atoms with Crippen molar-refractivity contribution in [3.63, 3.8) is 0 Å². The first-order valence-corrected chi connectivity index (χ1v) is 7.47. The van der Waals surface area contributed by atoms with Crippen LogP contribution < -0.4 is 0 Å². The molecule has 1 heteroatoms. The molecule has 0 aliphatic carbocycles. The summed E-state index contributed by atoms with van der Waals surface area (Å²) in [6.45, 7) is 6.96. The maximum atomic E-state index is 2.32. The molecule has 0 amide bonds. The molecule has 0 aliphatic rings. The average molecular weight is 152 g/mol. The van der Waals surface area contributed by atoms with Gasteiger partial charge in [0.05, 0.1) is 0 Å². The fourth-order valence-corrected chi connectivity index (χ4v) is 3.18. The Labute approximate surface area is 54.3 Å². The first kappa shape index (κ1) is 7.62. The Morgan fingerprint density at radius 3 is 2.14 bits per heavy atom. The summed E-state index contributed by atoms with van der Waals surface area (Å²) >= 11 is 0.0150. The molecule has 0 saturated heterocycles. The van der Waals surface area contributed by atoms with E-state index in [0.29, 0.717) is 0 Å². The molecular weight excluding hydrogens is 137 g/mol. The SMILES string of the molecule is C[CH2][Zn][CH2]C(C)C. The van der Waals surface area contributed by atoms with Gasteiger partial charge in [-0.05, 0) is 0 Å². The van der Waals surface area contributed by atoms with Gasteiger partial charge in [0.2, 0.25) is 0 Å². The van der Waals surface area contributed by atoms with Crippen LogP contribution in [0.3, 0.4) is 0 Å². The van der Waals surface area contributed by atoms with Crippen LogP contribution in [-0.4, -0.2) is 0 Å². The Kier molecular flexibility index (Phi) is 5.20. The quantitative estimate of drug-likeness (QED) is 0.544. The van der Waals surface area contributed by atoms with Gasteiger partial charge in [0.1, 0.15) is 0 Å². The van der Waals surface area contributed by atoms with Gasteiger partial charge in [0.15, 0.2) is 0 Å². The summed E-state index contributed by atoms with van der Waals surface area (Å²) in [5.74, 6) is 0.986. The minimum absolute atomic E-state index is 0.0150. The molecule has 40 valence electrons. The van der Waals surface area contributed by atoms with Gasteiger partial charge in [0, 0.05) is 0 Å². The molecule has 0 saturated carbocycles. The summed E-state index contributed by atoms with van der Waals surface area (Å²) < 4.78 is 0. The van der Waals surface area contributed by atoms with E-state index >= 15 is 0 Å². The van der Waals surface area contributed by atoms with Crippen LogP contribution in [0, 0.1) is 5.92 Å². The second kappa shape index (κ2) is 4.77. The molecule has 0 aliphatic heterocycles. The first-order valence-electron chi connectivity index (χ1n) is 3.27. The Morgan fingerprint density at radius 1 is 1.43 bits per heavy atom. The zero-order valence-electron chi connectivity index (χ0n) is 5.70. The van der Waals surface area contributed by atoms with Gasteiger partial charge in [-0.2, -0.15) is 0 Å². The molecule has 0 aromatic rings. The van der Waals surface area contributed by atoms with Crippen molar-refractivity contribution in [3.05, 3.63) is 0 Å². The van der Waals surface area contributed by atoms with Crippen LogP contribution in [0.4, 0.5) is 0 Å². The molecular formula is C6H14Zn. The predicted octanol–water partition coefficient (Wildman–Crippen LogP) is 2.58. The molecule has 0 nitrogen and oxygen atoms in total. The van der Waals surface area contributed by atoms with Crippen LogP contribution >= 0.6 is 0 Å². The predicted molar refractivity (Wildman–Crippen MR) is 30.1 cm³/mol. The van der Waals surface area contributed by atoms with Crippen molar-refractivity contribution in [1.82, 2.24) is 0 Å². The molecule has 0 bridgehead atoms. The third-order valence-corrected chi connectivity index (χ3v) is 5.90. The topological polar surface area (TPSA) is 0 Å². The van der Waals surface area contributed by atoms with E-state index in [2.05, 4.69) is 20.8 Å². The Balaban J connectivity index is 2.68. The van der Waals surface area contributed by atoms with Crippen molar-refractivity contribution in [3.8, 4) is 0 Å². The number of rotatable bonds is 3. The van der Waals surface area contributed by atoms with Crippen molar-refractivity contribution < 1.29 is 17.1 Å². The minimum atomic E-state index is 0.0150. The van der Waals surface area contributed by atoms with E-state index in [9.17, 15) is 0 Å². The summed E-state index contributed by atoms with van der Waals surface area (Å²) in [6.07, 6.45) is 0. The number of hydrogen-bond acceptors (Lipinski definition) is 0. The zero-order chi connectivity index (χ0) is 5.70. The van der Waals surface area contributed by atoms with Gasteiger partial charge < -0.3 is 0 Å². The molecule has 0 N–H and O–H groups in total. The molecule has 7 heavy (non-hydrogen) atoms. The van der Waals surface area contributed by atoms with Gasteiger partial charge in [-0.3, -0.25) is 0 Å². The Bertz CT molecular complexity index is 33.2. The third kappa shape index (κ3) is 6.62. The van der Waals surface area contributed by atoms with Crippen molar-refractivity contribution in [2.45, 2.75) is 30.8 Å². The Morgan fingerprint density at radius 2 is 2.00 bits per heavy atom. The molecule has 0 heterocycles. The van der Waals surface area contributed by atoms with E-state index in [1.807, 2.05) is 0 Å². The molecule has 0 fully saturated rings. The molecule has 0 spiro atoms. The van der Waals surface area contributed by atoms with E-state index in [-0.39, 0.29) is 17.1 Å². The van der Waals surface area contributed by atoms with Gasteiger partial charge in [-0.1, -0.05) is 0 Å². The van der Waals surface area contributed by atoms with Crippen LogP contribution in [0.15, 0.2) is 0 Å². The molecule has 0 atom stereocenters. The molecule has 0 aromatic carbocycles. The monoisotopic (exact) mass is 150 g/mol. The number of hydrogen-bond donors (Lipinski definition) is 0. The van der Waals surface area contributed by atoms with Crippen molar-refractivity contribution in [1.29, 1.82) is 0 Å². The van der Waals surface area contributed by atoms with Crippen molar-refractivity contribution in [2.75, 3.05) is 0 Å². The normalized spacial score (nSPS) is 9.14. The molecule has 0 radical (unpaired) electrons. The molecule has 0 aromatic heterocycles. The fraction of sp³-hybridized carbons (Fsp3) is 1.00. The van der Waals surface area contributed by atoms with Crippen LogP contribution in [0.25, 0.3) is 0 Å². The van der Waals surface area contributed by atoms with Gasteiger partial charge in [-0.15, -0.1) is 0 Å².